The highest BCUT2D eigenvalue weighted by molar-refractivity contribution is 7.86. The van der Waals surface area contributed by atoms with Crippen LogP contribution in [0.3, 0.4) is 0 Å². The van der Waals surface area contributed by atoms with E-state index >= 15 is 0 Å². The molecule has 2 aromatic carbocycles. The molecule has 2 heterocycles. The lowest BCUT2D eigenvalue weighted by Gasteiger charge is -2.25. The Morgan fingerprint density at radius 3 is 2.71 bits per heavy atom. The normalized spacial score (nSPS) is 18.1. The van der Waals surface area contributed by atoms with E-state index in [2.05, 4.69) is 10.6 Å². The quantitative estimate of drug-likeness (QED) is 0.372. The highest BCUT2D eigenvalue weighted by atomic mass is 32.2. The number of carbonyl (C=O) groups is 1. The van der Waals surface area contributed by atoms with E-state index in [1.807, 2.05) is 43.5 Å². The van der Waals surface area contributed by atoms with Gasteiger partial charge < -0.3 is 24.5 Å². The van der Waals surface area contributed by atoms with Crippen LogP contribution in [0.1, 0.15) is 41.3 Å². The summed E-state index contributed by atoms with van der Waals surface area (Å²) in [5.41, 5.74) is 2.93. The second-order valence-corrected chi connectivity index (χ2v) is 11.1. The Morgan fingerprint density at radius 1 is 1.23 bits per heavy atom. The zero-order valence-corrected chi connectivity index (χ0v) is 20.6. The van der Waals surface area contributed by atoms with Gasteiger partial charge in [0, 0.05) is 23.7 Å². The molecule has 2 aliphatic rings. The first-order valence-electron chi connectivity index (χ1n) is 12.1. The number of aryl methyl sites for hydroxylation is 1. The van der Waals surface area contributed by atoms with Crippen molar-refractivity contribution in [3.05, 3.63) is 65.4 Å². The summed E-state index contributed by atoms with van der Waals surface area (Å²) in [6.07, 6.45) is 4.62. The van der Waals surface area contributed by atoms with Crippen molar-refractivity contribution < 1.29 is 22.5 Å². The molecule has 2 atom stereocenters. The summed E-state index contributed by atoms with van der Waals surface area (Å²) in [7, 11) is -3.79. The number of aromatic nitrogens is 1. The number of amides is 1. The SMILES string of the molecule is CCc1cn2c3c(cc(C(=O)N[C@@H](Cc4ccccc4)[C@H](O)CNCC4CC4)cc13)OS(=O)(=O)C2. The van der Waals surface area contributed by atoms with Crippen molar-refractivity contribution in [2.75, 3.05) is 13.1 Å². The van der Waals surface area contributed by atoms with Crippen LogP contribution >= 0.6 is 0 Å². The number of benzene rings is 2. The number of aliphatic hydroxyl groups excluding tert-OH is 1. The fraction of sp³-hybridized carbons (Fsp3) is 0.423. The molecule has 1 aromatic heterocycles. The molecule has 186 valence electrons. The number of rotatable bonds is 10. The van der Waals surface area contributed by atoms with E-state index in [0.29, 0.717) is 36.4 Å². The Labute approximate surface area is 205 Å². The number of hydrogen-bond acceptors (Lipinski definition) is 6. The summed E-state index contributed by atoms with van der Waals surface area (Å²) in [6.45, 7) is 3.23. The van der Waals surface area contributed by atoms with Crippen LogP contribution in [0.5, 0.6) is 5.75 Å². The average Bonchev–Trinajstić information content (AvgIpc) is 3.58. The van der Waals surface area contributed by atoms with Gasteiger partial charge in [-0.15, -0.1) is 0 Å². The van der Waals surface area contributed by atoms with Crippen molar-refractivity contribution in [3.8, 4) is 5.75 Å². The lowest BCUT2D eigenvalue weighted by atomic mass is 10.00. The molecule has 5 rings (SSSR count). The predicted octanol–water partition coefficient (Wildman–Crippen LogP) is 2.59. The van der Waals surface area contributed by atoms with Crippen molar-refractivity contribution in [2.24, 2.45) is 5.92 Å². The van der Waals surface area contributed by atoms with E-state index in [0.717, 1.165) is 23.1 Å². The van der Waals surface area contributed by atoms with E-state index in [9.17, 15) is 18.3 Å². The van der Waals surface area contributed by atoms with Gasteiger partial charge >= 0.3 is 10.1 Å². The maximum Gasteiger partial charge on any atom is 0.328 e. The zero-order chi connectivity index (χ0) is 24.6. The molecular formula is C26H31N3O5S. The van der Waals surface area contributed by atoms with Crippen LogP contribution in [0.4, 0.5) is 0 Å². The Kier molecular flexibility index (Phi) is 6.57. The van der Waals surface area contributed by atoms with Gasteiger partial charge in [0.1, 0.15) is 0 Å². The summed E-state index contributed by atoms with van der Waals surface area (Å²) in [4.78, 5) is 13.4. The van der Waals surface area contributed by atoms with E-state index in [1.165, 1.54) is 18.9 Å². The molecule has 1 saturated carbocycles. The molecule has 0 bridgehead atoms. The van der Waals surface area contributed by atoms with Crippen molar-refractivity contribution in [1.29, 1.82) is 0 Å². The summed E-state index contributed by atoms with van der Waals surface area (Å²) >= 11 is 0. The third kappa shape index (κ3) is 5.37. The fourth-order valence-electron chi connectivity index (χ4n) is 4.69. The van der Waals surface area contributed by atoms with Gasteiger partial charge in [0.15, 0.2) is 11.6 Å². The number of nitrogens with one attached hydrogen (secondary N) is 2. The number of hydrogen-bond donors (Lipinski definition) is 3. The molecule has 35 heavy (non-hydrogen) atoms. The standard InChI is InChI=1S/C26H31N3O5S/c1-2-19-15-29-16-35(32,33)34-24-12-20(11-21(19)25(24)29)26(31)28-22(10-17-6-4-3-5-7-17)23(30)14-27-13-18-8-9-18/h3-7,11-12,15,18,22-23,27,30H,2,8-10,13-14,16H2,1H3,(H,28,31)/t22-,23+/m0/s1. The molecule has 0 radical (unpaired) electrons. The second kappa shape index (κ2) is 9.64. The van der Waals surface area contributed by atoms with Gasteiger partial charge in [0.05, 0.1) is 17.7 Å². The van der Waals surface area contributed by atoms with Gasteiger partial charge in [-0.05, 0) is 61.4 Å². The maximum absolute atomic E-state index is 13.4. The van der Waals surface area contributed by atoms with Gasteiger partial charge in [-0.1, -0.05) is 37.3 Å². The second-order valence-electron chi connectivity index (χ2n) is 9.56. The third-order valence-electron chi connectivity index (χ3n) is 6.74. The topological polar surface area (TPSA) is 110 Å². The fourth-order valence-corrected chi connectivity index (χ4v) is 5.68. The van der Waals surface area contributed by atoms with E-state index in [4.69, 9.17) is 4.18 Å². The smallest absolute Gasteiger partial charge is 0.328 e. The minimum Gasteiger partial charge on any atom is -0.390 e. The molecule has 1 aliphatic carbocycles. The lowest BCUT2D eigenvalue weighted by molar-refractivity contribution is 0.0830. The van der Waals surface area contributed by atoms with Crippen molar-refractivity contribution in [2.45, 2.75) is 50.6 Å². The van der Waals surface area contributed by atoms with Gasteiger partial charge in [0.2, 0.25) is 0 Å². The molecule has 9 heteroatoms. The average molecular weight is 498 g/mol. The minimum absolute atomic E-state index is 0.157. The number of carbonyl (C=O) groups excluding carboxylic acids is 1. The molecular weight excluding hydrogens is 466 g/mol. The number of nitrogens with zero attached hydrogens (tertiary/aromatic N) is 1. The maximum atomic E-state index is 13.4. The summed E-state index contributed by atoms with van der Waals surface area (Å²) in [5, 5.41) is 18.1. The monoisotopic (exact) mass is 497 g/mol. The summed E-state index contributed by atoms with van der Waals surface area (Å²) in [5.74, 6) is 0.210. The predicted molar refractivity (Wildman–Crippen MR) is 134 cm³/mol. The number of aliphatic hydroxyl groups is 1. The van der Waals surface area contributed by atoms with Crippen LogP contribution in [-0.4, -0.2) is 49.2 Å². The molecule has 0 unspecified atom stereocenters. The molecule has 1 fully saturated rings. The largest absolute Gasteiger partial charge is 0.390 e. The first-order valence-corrected chi connectivity index (χ1v) is 13.7. The van der Waals surface area contributed by atoms with Crippen LogP contribution in [-0.2, 0) is 28.8 Å². The van der Waals surface area contributed by atoms with Gasteiger partial charge in [-0.2, -0.15) is 8.42 Å². The molecule has 0 spiro atoms. The van der Waals surface area contributed by atoms with Crippen molar-refractivity contribution in [3.63, 3.8) is 0 Å². The Bertz CT molecular complexity index is 1330. The lowest BCUT2D eigenvalue weighted by Crippen LogP contribution is -2.49. The van der Waals surface area contributed by atoms with Crippen LogP contribution in [0.2, 0.25) is 0 Å². The van der Waals surface area contributed by atoms with E-state index in [-0.39, 0.29) is 17.5 Å². The van der Waals surface area contributed by atoms with Gasteiger partial charge in [0.25, 0.3) is 5.91 Å². The Morgan fingerprint density at radius 2 is 2.00 bits per heavy atom. The van der Waals surface area contributed by atoms with Crippen LogP contribution in [0.15, 0.2) is 48.7 Å². The highest BCUT2D eigenvalue weighted by Crippen LogP contribution is 2.36. The van der Waals surface area contributed by atoms with Gasteiger partial charge in [-0.25, -0.2) is 0 Å². The molecule has 1 aliphatic heterocycles. The highest BCUT2D eigenvalue weighted by Gasteiger charge is 2.29. The summed E-state index contributed by atoms with van der Waals surface area (Å²) < 4.78 is 31.5. The van der Waals surface area contributed by atoms with Crippen LogP contribution in [0, 0.1) is 5.92 Å². The van der Waals surface area contributed by atoms with E-state index < -0.39 is 22.3 Å². The summed E-state index contributed by atoms with van der Waals surface area (Å²) in [6, 6.07) is 12.5. The molecule has 1 amide bonds. The first-order chi connectivity index (χ1) is 16.8. The van der Waals surface area contributed by atoms with Crippen molar-refractivity contribution >= 4 is 26.9 Å². The first kappa shape index (κ1) is 23.8. The minimum atomic E-state index is -3.79. The zero-order valence-electron chi connectivity index (χ0n) is 19.7. The van der Waals surface area contributed by atoms with Crippen LogP contribution < -0.4 is 14.8 Å². The van der Waals surface area contributed by atoms with Crippen LogP contribution in [0.25, 0.3) is 10.9 Å². The Balaban J connectivity index is 1.41. The van der Waals surface area contributed by atoms with Gasteiger partial charge in [-0.3, -0.25) is 4.79 Å². The molecule has 0 saturated heterocycles. The molecule has 8 nitrogen and oxygen atoms in total. The third-order valence-corrected chi connectivity index (χ3v) is 7.77. The van der Waals surface area contributed by atoms with Crippen molar-refractivity contribution in [1.82, 2.24) is 15.2 Å². The molecule has 3 N–H and O–H groups in total. The molecule has 3 aromatic rings. The van der Waals surface area contributed by atoms with E-state index in [1.54, 1.807) is 10.6 Å². The Hall–Kier alpha value is -2.88.